The molecule has 2 aromatic rings. The maximum Gasteiger partial charge on any atom is 0.223 e. The molecule has 2 aromatic heterocycles. The second-order valence-electron chi connectivity index (χ2n) is 3.42. The molecule has 0 aromatic carbocycles. The highest BCUT2D eigenvalue weighted by molar-refractivity contribution is 5.54. The van der Waals surface area contributed by atoms with E-state index in [1.165, 1.54) is 0 Å². The zero-order chi connectivity index (χ0) is 11.4. The van der Waals surface area contributed by atoms with Crippen molar-refractivity contribution in [1.82, 2.24) is 19.9 Å². The molecule has 5 heteroatoms. The summed E-state index contributed by atoms with van der Waals surface area (Å²) in [5.74, 6) is 1.62. The van der Waals surface area contributed by atoms with Crippen molar-refractivity contribution < 1.29 is 0 Å². The lowest BCUT2D eigenvalue weighted by atomic mass is 10.2. The van der Waals surface area contributed by atoms with Crippen molar-refractivity contribution in [2.45, 2.75) is 19.8 Å². The molecule has 0 aliphatic rings. The summed E-state index contributed by atoms with van der Waals surface area (Å²) in [5, 5.41) is 0. The third-order valence-corrected chi connectivity index (χ3v) is 2.11. The van der Waals surface area contributed by atoms with Gasteiger partial charge < -0.3 is 5.73 Å². The van der Waals surface area contributed by atoms with Crippen LogP contribution in [0.25, 0.3) is 11.4 Å². The van der Waals surface area contributed by atoms with Crippen LogP contribution in [0.1, 0.15) is 19.2 Å². The predicted molar refractivity (Wildman–Crippen MR) is 61.5 cm³/mol. The summed E-state index contributed by atoms with van der Waals surface area (Å²) in [5.41, 5.74) is 6.55. The molecule has 0 radical (unpaired) electrons. The predicted octanol–water partition coefficient (Wildman–Crippen LogP) is 1.47. The van der Waals surface area contributed by atoms with Gasteiger partial charge >= 0.3 is 0 Å². The summed E-state index contributed by atoms with van der Waals surface area (Å²) in [6.45, 7) is 2.08. The Hall–Kier alpha value is -2.04. The van der Waals surface area contributed by atoms with E-state index < -0.39 is 0 Å². The van der Waals surface area contributed by atoms with Crippen LogP contribution in [0.3, 0.4) is 0 Å². The van der Waals surface area contributed by atoms with E-state index in [9.17, 15) is 0 Å². The molecule has 0 saturated heterocycles. The van der Waals surface area contributed by atoms with Gasteiger partial charge in [-0.05, 0) is 18.6 Å². The average molecular weight is 215 g/mol. The molecule has 16 heavy (non-hydrogen) atoms. The fraction of sp³-hybridized carbons (Fsp3) is 0.273. The van der Waals surface area contributed by atoms with Crippen LogP contribution in [-0.2, 0) is 6.42 Å². The van der Waals surface area contributed by atoms with Gasteiger partial charge in [0.2, 0.25) is 5.95 Å². The molecule has 2 heterocycles. The monoisotopic (exact) mass is 215 g/mol. The SMILES string of the molecule is CCCc1nc(N)nc(-c2ccncc2)n1. The van der Waals surface area contributed by atoms with Crippen LogP contribution in [0.5, 0.6) is 0 Å². The molecular weight excluding hydrogens is 202 g/mol. The molecule has 0 fully saturated rings. The van der Waals surface area contributed by atoms with E-state index in [0.29, 0.717) is 5.82 Å². The summed E-state index contributed by atoms with van der Waals surface area (Å²) in [6, 6.07) is 3.70. The minimum Gasteiger partial charge on any atom is -0.368 e. The second-order valence-corrected chi connectivity index (χ2v) is 3.42. The third-order valence-electron chi connectivity index (χ3n) is 2.11. The molecule has 0 unspecified atom stereocenters. The van der Waals surface area contributed by atoms with Gasteiger partial charge in [0, 0.05) is 24.4 Å². The van der Waals surface area contributed by atoms with Crippen molar-refractivity contribution in [2.75, 3.05) is 5.73 Å². The number of hydrogen-bond acceptors (Lipinski definition) is 5. The number of aryl methyl sites for hydroxylation is 1. The van der Waals surface area contributed by atoms with Crippen molar-refractivity contribution >= 4 is 5.95 Å². The molecule has 0 aliphatic heterocycles. The number of pyridine rings is 1. The number of nitrogens with two attached hydrogens (primary N) is 1. The topological polar surface area (TPSA) is 77.6 Å². The molecule has 0 atom stereocenters. The van der Waals surface area contributed by atoms with Gasteiger partial charge in [0.25, 0.3) is 0 Å². The molecule has 0 aliphatic carbocycles. The third kappa shape index (κ3) is 2.31. The van der Waals surface area contributed by atoms with Crippen molar-refractivity contribution in [3.05, 3.63) is 30.4 Å². The van der Waals surface area contributed by atoms with Crippen molar-refractivity contribution in [2.24, 2.45) is 0 Å². The van der Waals surface area contributed by atoms with Gasteiger partial charge in [0.15, 0.2) is 5.82 Å². The van der Waals surface area contributed by atoms with E-state index in [4.69, 9.17) is 5.73 Å². The first kappa shape index (κ1) is 10.5. The first-order valence-electron chi connectivity index (χ1n) is 5.20. The van der Waals surface area contributed by atoms with Gasteiger partial charge in [-0.2, -0.15) is 9.97 Å². The molecule has 0 bridgehead atoms. The zero-order valence-corrected chi connectivity index (χ0v) is 9.09. The number of hydrogen-bond donors (Lipinski definition) is 1. The van der Waals surface area contributed by atoms with Crippen LogP contribution in [0.4, 0.5) is 5.95 Å². The van der Waals surface area contributed by atoms with Crippen LogP contribution in [0.2, 0.25) is 0 Å². The minimum absolute atomic E-state index is 0.269. The Morgan fingerprint density at radius 3 is 2.56 bits per heavy atom. The summed E-state index contributed by atoms with van der Waals surface area (Å²) in [7, 11) is 0. The highest BCUT2D eigenvalue weighted by Gasteiger charge is 2.05. The summed E-state index contributed by atoms with van der Waals surface area (Å²) in [6.07, 6.45) is 5.20. The Bertz CT molecular complexity index is 469. The van der Waals surface area contributed by atoms with Gasteiger partial charge in [-0.25, -0.2) is 4.98 Å². The van der Waals surface area contributed by atoms with Gasteiger partial charge in [-0.15, -0.1) is 0 Å². The first-order valence-corrected chi connectivity index (χ1v) is 5.20. The lowest BCUT2D eigenvalue weighted by Gasteiger charge is -2.03. The molecule has 2 rings (SSSR count). The van der Waals surface area contributed by atoms with Crippen LogP contribution in [0.15, 0.2) is 24.5 Å². The number of nitrogens with zero attached hydrogens (tertiary/aromatic N) is 4. The maximum absolute atomic E-state index is 5.65. The average Bonchev–Trinajstić information content (AvgIpc) is 2.30. The molecule has 5 nitrogen and oxygen atoms in total. The minimum atomic E-state index is 0.269. The van der Waals surface area contributed by atoms with E-state index in [2.05, 4.69) is 26.9 Å². The van der Waals surface area contributed by atoms with Crippen LogP contribution in [0, 0.1) is 0 Å². The van der Waals surface area contributed by atoms with Crippen molar-refractivity contribution in [3.63, 3.8) is 0 Å². The number of nitrogen functional groups attached to an aromatic ring is 1. The van der Waals surface area contributed by atoms with Crippen LogP contribution in [-0.4, -0.2) is 19.9 Å². The lowest BCUT2D eigenvalue weighted by molar-refractivity contribution is 0.825. The Balaban J connectivity index is 2.41. The standard InChI is InChI=1S/C11H13N5/c1-2-3-9-14-10(16-11(12)15-9)8-4-6-13-7-5-8/h4-7H,2-3H2,1H3,(H2,12,14,15,16). The molecule has 0 spiro atoms. The highest BCUT2D eigenvalue weighted by atomic mass is 15.1. The summed E-state index contributed by atoms with van der Waals surface area (Å²) >= 11 is 0. The largest absolute Gasteiger partial charge is 0.368 e. The smallest absolute Gasteiger partial charge is 0.223 e. The lowest BCUT2D eigenvalue weighted by Crippen LogP contribution is -2.04. The van der Waals surface area contributed by atoms with E-state index in [1.807, 2.05) is 12.1 Å². The van der Waals surface area contributed by atoms with Gasteiger partial charge in [-0.1, -0.05) is 6.92 Å². The van der Waals surface area contributed by atoms with E-state index in [0.717, 1.165) is 24.2 Å². The maximum atomic E-state index is 5.65. The Labute approximate surface area is 93.8 Å². The number of aromatic nitrogens is 4. The Kier molecular flexibility index (Phi) is 3.05. The fourth-order valence-electron chi connectivity index (χ4n) is 1.40. The Morgan fingerprint density at radius 1 is 1.12 bits per heavy atom. The van der Waals surface area contributed by atoms with Gasteiger partial charge in [-0.3, -0.25) is 4.98 Å². The van der Waals surface area contributed by atoms with E-state index in [-0.39, 0.29) is 5.95 Å². The summed E-state index contributed by atoms with van der Waals surface area (Å²) < 4.78 is 0. The quantitative estimate of drug-likeness (QED) is 0.838. The summed E-state index contributed by atoms with van der Waals surface area (Å²) in [4.78, 5) is 16.5. The van der Waals surface area contributed by atoms with Gasteiger partial charge in [0.1, 0.15) is 5.82 Å². The van der Waals surface area contributed by atoms with E-state index >= 15 is 0 Å². The Morgan fingerprint density at radius 2 is 1.88 bits per heavy atom. The number of anilines is 1. The second kappa shape index (κ2) is 4.65. The normalized spacial score (nSPS) is 10.3. The van der Waals surface area contributed by atoms with Gasteiger partial charge in [0.05, 0.1) is 0 Å². The first-order chi connectivity index (χ1) is 7.79. The van der Waals surface area contributed by atoms with E-state index in [1.54, 1.807) is 12.4 Å². The molecule has 82 valence electrons. The highest BCUT2D eigenvalue weighted by Crippen LogP contribution is 2.14. The molecular formula is C11H13N5. The number of rotatable bonds is 3. The van der Waals surface area contributed by atoms with Crippen LogP contribution < -0.4 is 5.73 Å². The van der Waals surface area contributed by atoms with Crippen LogP contribution >= 0.6 is 0 Å². The fourth-order valence-corrected chi connectivity index (χ4v) is 1.40. The zero-order valence-electron chi connectivity index (χ0n) is 9.09. The van der Waals surface area contributed by atoms with Crippen molar-refractivity contribution in [1.29, 1.82) is 0 Å². The molecule has 2 N–H and O–H groups in total. The molecule has 0 saturated carbocycles. The molecule has 0 amide bonds. The van der Waals surface area contributed by atoms with Crippen molar-refractivity contribution in [3.8, 4) is 11.4 Å².